The van der Waals surface area contributed by atoms with Gasteiger partial charge in [-0.2, -0.15) is 0 Å². The molecular formula is C20H19FN4O3S. The average Bonchev–Trinajstić information content (AvgIpc) is 3.35. The molecular weight excluding hydrogens is 395 g/mol. The molecule has 0 atom stereocenters. The van der Waals surface area contributed by atoms with Crippen LogP contribution < -0.4 is 14.4 Å². The highest BCUT2D eigenvalue weighted by molar-refractivity contribution is 7.71. The highest BCUT2D eigenvalue weighted by atomic mass is 32.1. The molecule has 0 radical (unpaired) electrons. The molecule has 0 unspecified atom stereocenters. The number of piperazine rings is 1. The number of anilines is 1. The molecule has 150 valence electrons. The third-order valence-electron chi connectivity index (χ3n) is 5.12. The maximum absolute atomic E-state index is 13.1. The molecule has 0 amide bonds. The maximum atomic E-state index is 13.1. The number of aromatic nitrogens is 2. The third kappa shape index (κ3) is 3.70. The summed E-state index contributed by atoms with van der Waals surface area (Å²) in [7, 11) is 0. The van der Waals surface area contributed by atoms with E-state index in [0.717, 1.165) is 37.4 Å². The number of rotatable bonds is 4. The first-order chi connectivity index (χ1) is 14.2. The summed E-state index contributed by atoms with van der Waals surface area (Å²) < 4.78 is 31.3. The fraction of sp³-hybridized carbons (Fsp3) is 0.300. The molecule has 2 aromatic carbocycles. The van der Waals surface area contributed by atoms with Crippen molar-refractivity contribution in [2.75, 3.05) is 37.9 Å². The number of hydrogen-bond acceptors (Lipinski definition) is 7. The summed E-state index contributed by atoms with van der Waals surface area (Å²) >= 11 is 5.36. The Kier molecular flexibility index (Phi) is 4.69. The van der Waals surface area contributed by atoms with E-state index in [1.807, 2.05) is 30.3 Å². The van der Waals surface area contributed by atoms with Crippen LogP contribution in [-0.4, -0.2) is 47.7 Å². The molecule has 3 heterocycles. The fourth-order valence-corrected chi connectivity index (χ4v) is 3.71. The summed E-state index contributed by atoms with van der Waals surface area (Å²) in [6.45, 7) is 4.19. The number of ether oxygens (including phenoxy) is 2. The number of halogens is 1. The van der Waals surface area contributed by atoms with Gasteiger partial charge in [0.05, 0.1) is 6.67 Å². The molecule has 3 aromatic rings. The van der Waals surface area contributed by atoms with Crippen LogP contribution in [0.3, 0.4) is 0 Å². The van der Waals surface area contributed by atoms with Gasteiger partial charge in [0, 0.05) is 37.4 Å². The van der Waals surface area contributed by atoms with Crippen LogP contribution in [0.4, 0.5) is 10.1 Å². The Bertz CT molecular complexity index is 1070. The maximum Gasteiger partial charge on any atom is 0.288 e. The highest BCUT2D eigenvalue weighted by Gasteiger charge is 2.20. The molecule has 1 saturated heterocycles. The van der Waals surface area contributed by atoms with Gasteiger partial charge >= 0.3 is 0 Å². The Morgan fingerprint density at radius 3 is 2.52 bits per heavy atom. The summed E-state index contributed by atoms with van der Waals surface area (Å²) in [4.78, 5) is 4.84. The van der Waals surface area contributed by atoms with Crippen molar-refractivity contribution in [3.63, 3.8) is 0 Å². The van der Waals surface area contributed by atoms with Gasteiger partial charge in [0.2, 0.25) is 12.7 Å². The second-order valence-electron chi connectivity index (χ2n) is 6.96. The van der Waals surface area contributed by atoms with Gasteiger partial charge in [0.25, 0.3) is 4.84 Å². The molecule has 5 rings (SSSR count). The van der Waals surface area contributed by atoms with Crippen molar-refractivity contribution in [1.29, 1.82) is 0 Å². The van der Waals surface area contributed by atoms with Crippen LogP contribution in [0.2, 0.25) is 0 Å². The molecule has 1 aromatic heterocycles. The normalized spacial score (nSPS) is 16.4. The van der Waals surface area contributed by atoms with E-state index in [1.165, 1.54) is 12.1 Å². The van der Waals surface area contributed by atoms with Crippen molar-refractivity contribution in [1.82, 2.24) is 14.7 Å². The van der Waals surface area contributed by atoms with E-state index in [1.54, 1.807) is 4.68 Å². The Morgan fingerprint density at radius 1 is 0.966 bits per heavy atom. The quantitative estimate of drug-likeness (QED) is 0.606. The molecule has 0 aliphatic carbocycles. The predicted molar refractivity (Wildman–Crippen MR) is 107 cm³/mol. The third-order valence-corrected chi connectivity index (χ3v) is 5.42. The predicted octanol–water partition coefficient (Wildman–Crippen LogP) is 3.52. The number of benzene rings is 2. The summed E-state index contributed by atoms with van der Waals surface area (Å²) in [5.74, 6) is 1.63. The smallest absolute Gasteiger partial charge is 0.288 e. The Labute approximate surface area is 171 Å². The minimum absolute atomic E-state index is 0.217. The van der Waals surface area contributed by atoms with Crippen LogP contribution in [0.15, 0.2) is 46.9 Å². The van der Waals surface area contributed by atoms with Gasteiger partial charge in [-0.15, -0.1) is 5.10 Å². The second kappa shape index (κ2) is 7.49. The van der Waals surface area contributed by atoms with Crippen molar-refractivity contribution < 1.29 is 18.3 Å². The second-order valence-corrected chi connectivity index (χ2v) is 7.31. The van der Waals surface area contributed by atoms with Gasteiger partial charge < -0.3 is 18.8 Å². The van der Waals surface area contributed by atoms with Gasteiger partial charge in [-0.05, 0) is 54.7 Å². The number of fused-ring (bicyclic) bond motifs is 1. The van der Waals surface area contributed by atoms with E-state index < -0.39 is 0 Å². The zero-order valence-corrected chi connectivity index (χ0v) is 16.4. The average molecular weight is 414 g/mol. The van der Waals surface area contributed by atoms with Crippen molar-refractivity contribution in [3.05, 3.63) is 53.1 Å². The van der Waals surface area contributed by atoms with Gasteiger partial charge in [0.15, 0.2) is 11.5 Å². The van der Waals surface area contributed by atoms with E-state index in [9.17, 15) is 4.39 Å². The fourth-order valence-electron chi connectivity index (χ4n) is 3.53. The van der Waals surface area contributed by atoms with Crippen LogP contribution in [-0.2, 0) is 6.67 Å². The van der Waals surface area contributed by atoms with Crippen LogP contribution in [0.25, 0.3) is 11.5 Å². The molecule has 0 bridgehead atoms. The van der Waals surface area contributed by atoms with Crippen molar-refractivity contribution >= 4 is 17.9 Å². The highest BCUT2D eigenvalue weighted by Crippen LogP contribution is 2.35. The minimum atomic E-state index is -0.217. The van der Waals surface area contributed by atoms with Crippen LogP contribution in [0.5, 0.6) is 11.5 Å². The molecule has 2 aliphatic rings. The first kappa shape index (κ1) is 18.1. The van der Waals surface area contributed by atoms with Gasteiger partial charge in [-0.1, -0.05) is 0 Å². The van der Waals surface area contributed by atoms with Crippen molar-refractivity contribution in [3.8, 4) is 23.0 Å². The van der Waals surface area contributed by atoms with E-state index in [4.69, 9.17) is 26.1 Å². The Balaban J connectivity index is 1.25. The first-order valence-electron chi connectivity index (χ1n) is 9.36. The van der Waals surface area contributed by atoms with E-state index >= 15 is 0 Å². The lowest BCUT2D eigenvalue weighted by molar-refractivity contribution is 0.174. The first-order valence-corrected chi connectivity index (χ1v) is 9.77. The lowest BCUT2D eigenvalue weighted by Gasteiger charge is -2.35. The molecule has 9 heteroatoms. The summed E-state index contributed by atoms with van der Waals surface area (Å²) in [5.41, 5.74) is 1.83. The molecule has 29 heavy (non-hydrogen) atoms. The molecule has 1 fully saturated rings. The zero-order chi connectivity index (χ0) is 19.8. The molecule has 0 spiro atoms. The number of hydrogen-bond donors (Lipinski definition) is 0. The van der Waals surface area contributed by atoms with Gasteiger partial charge in [0.1, 0.15) is 5.82 Å². The molecule has 2 aliphatic heterocycles. The van der Waals surface area contributed by atoms with Crippen LogP contribution in [0.1, 0.15) is 0 Å². The summed E-state index contributed by atoms with van der Waals surface area (Å²) in [6.07, 6.45) is 0. The SMILES string of the molecule is Fc1ccc(N2CCN(Cn3nc(-c4ccc5c(c4)OCO5)oc3=S)CC2)cc1. The Hall–Kier alpha value is -2.91. The molecule has 0 N–H and O–H groups in total. The number of nitrogens with zero attached hydrogens (tertiary/aromatic N) is 4. The van der Waals surface area contributed by atoms with Crippen LogP contribution in [0, 0.1) is 10.7 Å². The molecule has 7 nitrogen and oxygen atoms in total. The lowest BCUT2D eigenvalue weighted by atomic mass is 10.2. The van der Waals surface area contributed by atoms with E-state index in [2.05, 4.69) is 14.9 Å². The van der Waals surface area contributed by atoms with Gasteiger partial charge in [-0.25, -0.2) is 9.07 Å². The molecule has 0 saturated carbocycles. The standard InChI is InChI=1S/C20H19FN4O3S/c21-15-2-4-16(5-3-15)24-9-7-23(8-10-24)12-25-20(29)28-19(22-25)14-1-6-17-18(11-14)27-13-26-17/h1-6,11H,7-10,12-13H2. The van der Waals surface area contributed by atoms with E-state index in [0.29, 0.717) is 28.9 Å². The van der Waals surface area contributed by atoms with Crippen molar-refractivity contribution in [2.45, 2.75) is 6.67 Å². The lowest BCUT2D eigenvalue weighted by Crippen LogP contribution is -2.46. The van der Waals surface area contributed by atoms with Crippen molar-refractivity contribution in [2.24, 2.45) is 0 Å². The summed E-state index contributed by atoms with van der Waals surface area (Å²) in [6, 6.07) is 12.2. The minimum Gasteiger partial charge on any atom is -0.454 e. The summed E-state index contributed by atoms with van der Waals surface area (Å²) in [5, 5.41) is 4.54. The Morgan fingerprint density at radius 2 is 1.72 bits per heavy atom. The van der Waals surface area contributed by atoms with E-state index in [-0.39, 0.29) is 12.6 Å². The van der Waals surface area contributed by atoms with Gasteiger partial charge in [-0.3, -0.25) is 4.90 Å². The van der Waals surface area contributed by atoms with Crippen LogP contribution >= 0.6 is 12.2 Å². The topological polar surface area (TPSA) is 55.9 Å². The monoisotopic (exact) mass is 414 g/mol. The largest absolute Gasteiger partial charge is 0.454 e. The zero-order valence-electron chi connectivity index (χ0n) is 15.6.